The lowest BCUT2D eigenvalue weighted by molar-refractivity contribution is 0.204. The van der Waals surface area contributed by atoms with Gasteiger partial charge in [0.05, 0.1) is 0 Å². The van der Waals surface area contributed by atoms with Crippen LogP contribution in [-0.2, 0) is 0 Å². The fourth-order valence-corrected chi connectivity index (χ4v) is 1.84. The SMILES string of the molecule is Cc1noc(N2CCN(C(C)C)CC2)n1. The molecule has 1 aromatic rings. The Balaban J connectivity index is 1.93. The van der Waals surface area contributed by atoms with Gasteiger partial charge in [-0.2, -0.15) is 4.98 Å². The second-order valence-electron chi connectivity index (χ2n) is 4.24. The molecule has 0 N–H and O–H groups in total. The van der Waals surface area contributed by atoms with Crippen LogP contribution in [0.5, 0.6) is 0 Å². The van der Waals surface area contributed by atoms with Crippen molar-refractivity contribution in [2.24, 2.45) is 0 Å². The van der Waals surface area contributed by atoms with E-state index in [1.807, 2.05) is 6.92 Å². The largest absolute Gasteiger partial charge is 0.324 e. The van der Waals surface area contributed by atoms with Gasteiger partial charge >= 0.3 is 6.01 Å². The highest BCUT2D eigenvalue weighted by Crippen LogP contribution is 2.14. The quantitative estimate of drug-likeness (QED) is 0.726. The van der Waals surface area contributed by atoms with E-state index in [2.05, 4.69) is 33.8 Å². The van der Waals surface area contributed by atoms with Gasteiger partial charge in [0.2, 0.25) is 0 Å². The first-order valence-corrected chi connectivity index (χ1v) is 5.46. The summed E-state index contributed by atoms with van der Waals surface area (Å²) in [7, 11) is 0. The first kappa shape index (κ1) is 10.4. The second-order valence-corrected chi connectivity index (χ2v) is 4.24. The van der Waals surface area contributed by atoms with Crippen molar-refractivity contribution in [3.63, 3.8) is 0 Å². The van der Waals surface area contributed by atoms with Gasteiger partial charge in [-0.3, -0.25) is 4.90 Å². The molecule has 0 spiro atoms. The first-order valence-electron chi connectivity index (χ1n) is 5.46. The minimum Gasteiger partial charge on any atom is -0.322 e. The normalized spacial score (nSPS) is 18.8. The van der Waals surface area contributed by atoms with Gasteiger partial charge in [-0.25, -0.2) is 0 Å². The van der Waals surface area contributed by atoms with Crippen molar-refractivity contribution in [2.45, 2.75) is 26.8 Å². The maximum atomic E-state index is 5.15. The molecule has 2 rings (SSSR count). The van der Waals surface area contributed by atoms with Crippen molar-refractivity contribution >= 4 is 6.01 Å². The third kappa shape index (κ3) is 2.28. The van der Waals surface area contributed by atoms with Crippen LogP contribution in [0.4, 0.5) is 6.01 Å². The van der Waals surface area contributed by atoms with Gasteiger partial charge in [-0.1, -0.05) is 5.16 Å². The van der Waals surface area contributed by atoms with Crippen molar-refractivity contribution in [1.29, 1.82) is 0 Å². The second kappa shape index (κ2) is 4.18. The van der Waals surface area contributed by atoms with Crippen molar-refractivity contribution in [1.82, 2.24) is 15.0 Å². The van der Waals surface area contributed by atoms with E-state index in [-0.39, 0.29) is 0 Å². The summed E-state index contributed by atoms with van der Waals surface area (Å²) >= 11 is 0. The molecule has 0 bridgehead atoms. The molecule has 1 aromatic heterocycles. The van der Waals surface area contributed by atoms with E-state index in [0.29, 0.717) is 17.9 Å². The van der Waals surface area contributed by atoms with Crippen LogP contribution in [0.25, 0.3) is 0 Å². The van der Waals surface area contributed by atoms with E-state index >= 15 is 0 Å². The lowest BCUT2D eigenvalue weighted by Crippen LogP contribution is -2.49. The Morgan fingerprint density at radius 3 is 2.33 bits per heavy atom. The summed E-state index contributed by atoms with van der Waals surface area (Å²) in [5.74, 6) is 0.705. The molecule has 1 aliphatic rings. The van der Waals surface area contributed by atoms with E-state index in [0.717, 1.165) is 26.2 Å². The lowest BCUT2D eigenvalue weighted by atomic mass is 10.2. The summed E-state index contributed by atoms with van der Waals surface area (Å²) in [6, 6.07) is 1.28. The summed E-state index contributed by atoms with van der Waals surface area (Å²) in [4.78, 5) is 8.84. The van der Waals surface area contributed by atoms with Crippen LogP contribution < -0.4 is 4.90 Å². The lowest BCUT2D eigenvalue weighted by Gasteiger charge is -2.35. The molecule has 0 atom stereocenters. The topological polar surface area (TPSA) is 45.4 Å². The number of rotatable bonds is 2. The van der Waals surface area contributed by atoms with Gasteiger partial charge < -0.3 is 9.42 Å². The Hall–Kier alpha value is -1.10. The maximum absolute atomic E-state index is 5.15. The molecular weight excluding hydrogens is 192 g/mol. The minimum atomic E-state index is 0.622. The molecule has 84 valence electrons. The summed E-state index contributed by atoms with van der Waals surface area (Å²) in [5, 5.41) is 3.80. The Kier molecular flexibility index (Phi) is 2.90. The Morgan fingerprint density at radius 2 is 1.87 bits per heavy atom. The van der Waals surface area contributed by atoms with Crippen molar-refractivity contribution < 1.29 is 4.52 Å². The third-order valence-electron chi connectivity index (χ3n) is 2.83. The molecular formula is C10H18N4O. The number of hydrogen-bond donors (Lipinski definition) is 0. The Bertz CT molecular complexity index is 315. The van der Waals surface area contributed by atoms with Gasteiger partial charge in [0.25, 0.3) is 0 Å². The molecule has 0 aromatic carbocycles. The number of anilines is 1. The zero-order valence-corrected chi connectivity index (χ0v) is 9.60. The number of piperazine rings is 1. The third-order valence-corrected chi connectivity index (χ3v) is 2.83. The monoisotopic (exact) mass is 210 g/mol. The number of hydrogen-bond acceptors (Lipinski definition) is 5. The van der Waals surface area contributed by atoms with E-state index in [1.165, 1.54) is 0 Å². The molecule has 0 saturated carbocycles. The number of aryl methyl sites for hydroxylation is 1. The first-order chi connectivity index (χ1) is 7.16. The highest BCUT2D eigenvalue weighted by molar-refractivity contribution is 5.25. The fourth-order valence-electron chi connectivity index (χ4n) is 1.84. The van der Waals surface area contributed by atoms with Crippen molar-refractivity contribution in [3.8, 4) is 0 Å². The fraction of sp³-hybridized carbons (Fsp3) is 0.800. The van der Waals surface area contributed by atoms with Crippen LogP contribution in [-0.4, -0.2) is 47.3 Å². The molecule has 1 fully saturated rings. The standard InChI is InChI=1S/C10H18N4O/c1-8(2)13-4-6-14(7-5-13)10-11-9(3)12-15-10/h8H,4-7H2,1-3H3. The van der Waals surface area contributed by atoms with Crippen LogP contribution in [0.3, 0.4) is 0 Å². The van der Waals surface area contributed by atoms with Gasteiger partial charge in [0, 0.05) is 32.2 Å². The van der Waals surface area contributed by atoms with Crippen LogP contribution in [0.15, 0.2) is 4.52 Å². The molecule has 5 nitrogen and oxygen atoms in total. The van der Waals surface area contributed by atoms with Crippen LogP contribution in [0.2, 0.25) is 0 Å². The van der Waals surface area contributed by atoms with Gasteiger partial charge in [-0.05, 0) is 20.8 Å². The van der Waals surface area contributed by atoms with E-state index in [1.54, 1.807) is 0 Å². The zero-order valence-electron chi connectivity index (χ0n) is 9.60. The number of nitrogens with zero attached hydrogens (tertiary/aromatic N) is 4. The molecule has 0 unspecified atom stereocenters. The molecule has 1 saturated heterocycles. The predicted molar refractivity (Wildman–Crippen MR) is 58.0 cm³/mol. The van der Waals surface area contributed by atoms with Gasteiger partial charge in [0.15, 0.2) is 5.82 Å². The molecule has 15 heavy (non-hydrogen) atoms. The van der Waals surface area contributed by atoms with Crippen LogP contribution in [0, 0.1) is 6.92 Å². The highest BCUT2D eigenvalue weighted by atomic mass is 16.5. The summed E-state index contributed by atoms with van der Waals surface area (Å²) in [6.07, 6.45) is 0. The van der Waals surface area contributed by atoms with E-state index in [4.69, 9.17) is 4.52 Å². The van der Waals surface area contributed by atoms with Gasteiger partial charge in [-0.15, -0.1) is 0 Å². The average Bonchev–Trinajstić information content (AvgIpc) is 2.65. The maximum Gasteiger partial charge on any atom is 0.324 e. The highest BCUT2D eigenvalue weighted by Gasteiger charge is 2.21. The summed E-state index contributed by atoms with van der Waals surface area (Å²) in [6.45, 7) is 10.4. The molecule has 2 heterocycles. The average molecular weight is 210 g/mol. The van der Waals surface area contributed by atoms with Crippen LogP contribution >= 0.6 is 0 Å². The Labute approximate surface area is 90.0 Å². The van der Waals surface area contributed by atoms with E-state index in [9.17, 15) is 0 Å². The van der Waals surface area contributed by atoms with Gasteiger partial charge in [0.1, 0.15) is 0 Å². The summed E-state index contributed by atoms with van der Waals surface area (Å²) < 4.78 is 5.15. The summed E-state index contributed by atoms with van der Waals surface area (Å²) in [5.41, 5.74) is 0. The Morgan fingerprint density at radius 1 is 1.20 bits per heavy atom. The smallest absolute Gasteiger partial charge is 0.322 e. The predicted octanol–water partition coefficient (Wildman–Crippen LogP) is 0.908. The minimum absolute atomic E-state index is 0.622. The van der Waals surface area contributed by atoms with Crippen molar-refractivity contribution in [2.75, 3.05) is 31.1 Å². The van der Waals surface area contributed by atoms with Crippen molar-refractivity contribution in [3.05, 3.63) is 5.82 Å². The molecule has 0 amide bonds. The van der Waals surface area contributed by atoms with Crippen LogP contribution in [0.1, 0.15) is 19.7 Å². The number of aromatic nitrogens is 2. The molecule has 0 aliphatic carbocycles. The molecule has 1 aliphatic heterocycles. The zero-order chi connectivity index (χ0) is 10.8. The molecule has 5 heteroatoms. The molecule has 0 radical (unpaired) electrons. The van der Waals surface area contributed by atoms with E-state index < -0.39 is 0 Å².